The third-order valence-electron chi connectivity index (χ3n) is 5.49. The molecule has 0 fully saturated rings. The summed E-state index contributed by atoms with van der Waals surface area (Å²) >= 11 is 0. The van der Waals surface area contributed by atoms with Gasteiger partial charge >= 0.3 is 0 Å². The van der Waals surface area contributed by atoms with Crippen molar-refractivity contribution in [3.05, 3.63) is 65.2 Å². The number of carbonyl (C=O) groups excluding carboxylic acids is 1. The number of rotatable bonds is 8. The minimum absolute atomic E-state index is 0.129. The molecule has 0 bridgehead atoms. The maximum Gasteiger partial charge on any atom is 0.261 e. The lowest BCUT2D eigenvalue weighted by Crippen LogP contribution is -2.30. The van der Waals surface area contributed by atoms with Crippen molar-refractivity contribution >= 4 is 33.8 Å². The molecule has 4 rings (SSSR count). The summed E-state index contributed by atoms with van der Waals surface area (Å²) in [5.74, 6) is 0.165. The topological polar surface area (TPSA) is 85.0 Å². The molecule has 1 amide bonds. The molecule has 8 nitrogen and oxygen atoms in total. The van der Waals surface area contributed by atoms with Crippen LogP contribution in [0.15, 0.2) is 59.7 Å². The van der Waals surface area contributed by atoms with Gasteiger partial charge in [-0.05, 0) is 37.4 Å². The Morgan fingerprint density at radius 3 is 2.52 bits per heavy atom. The predicted molar refractivity (Wildman–Crippen MR) is 122 cm³/mol. The fraction of sp³-hybridized carbons (Fsp3) is 0.304. The lowest BCUT2D eigenvalue weighted by atomic mass is 10.2. The molecule has 1 N–H and O–H groups in total. The van der Waals surface area contributed by atoms with Crippen LogP contribution >= 0.6 is 0 Å². The van der Waals surface area contributed by atoms with Crippen LogP contribution in [0.5, 0.6) is 0 Å². The predicted octanol–water partition coefficient (Wildman–Crippen LogP) is 2.73. The van der Waals surface area contributed by atoms with Crippen molar-refractivity contribution in [2.24, 2.45) is 0 Å². The van der Waals surface area contributed by atoms with Gasteiger partial charge in [0.25, 0.3) is 5.56 Å². The summed E-state index contributed by atoms with van der Waals surface area (Å²) < 4.78 is 3.34. The highest BCUT2D eigenvalue weighted by molar-refractivity contribution is 5.91. The monoisotopic (exact) mass is 418 g/mol. The van der Waals surface area contributed by atoms with Gasteiger partial charge in [-0.3, -0.25) is 19.5 Å². The zero-order chi connectivity index (χ0) is 21.8. The highest BCUT2D eigenvalue weighted by Gasteiger charge is 2.15. The third-order valence-corrected chi connectivity index (χ3v) is 5.49. The lowest BCUT2D eigenvalue weighted by molar-refractivity contribution is -0.116. The molecule has 0 aliphatic rings. The van der Waals surface area contributed by atoms with E-state index in [0.717, 1.165) is 30.7 Å². The Morgan fingerprint density at radius 2 is 1.74 bits per heavy atom. The number of anilines is 1. The standard InChI is InChI=1S/C23H26N6O2/c1-3-27(4-2)13-14-29-20-12-8-7-11-19(20)25-23(29)26-21(30)15-28-16-24-18-10-6-5-9-17(18)22(28)31/h5-12,16H,3-4,13-15H2,1-2H3,(H,25,26,30). The number of carbonyl (C=O) groups is 1. The smallest absolute Gasteiger partial charge is 0.261 e. The van der Waals surface area contributed by atoms with Gasteiger partial charge in [0.1, 0.15) is 6.54 Å². The molecule has 8 heteroatoms. The number of para-hydroxylation sites is 3. The fourth-order valence-corrected chi connectivity index (χ4v) is 3.72. The Balaban J connectivity index is 1.58. The van der Waals surface area contributed by atoms with E-state index in [1.807, 2.05) is 34.9 Å². The first-order chi connectivity index (χ1) is 15.1. The van der Waals surface area contributed by atoms with Gasteiger partial charge in [-0.25, -0.2) is 9.97 Å². The van der Waals surface area contributed by atoms with E-state index in [1.54, 1.807) is 18.2 Å². The summed E-state index contributed by atoms with van der Waals surface area (Å²) in [6.45, 7) is 7.61. The molecule has 31 heavy (non-hydrogen) atoms. The van der Waals surface area contributed by atoms with Gasteiger partial charge in [0.2, 0.25) is 11.9 Å². The second-order valence-corrected chi connectivity index (χ2v) is 7.35. The SMILES string of the molecule is CCN(CC)CCn1c(NC(=O)Cn2cnc3ccccc3c2=O)nc2ccccc21. The molecule has 0 aliphatic heterocycles. The molecule has 2 aromatic heterocycles. The average Bonchev–Trinajstić information content (AvgIpc) is 3.13. The molecule has 0 radical (unpaired) electrons. The molecule has 160 valence electrons. The number of nitrogens with zero attached hydrogens (tertiary/aromatic N) is 5. The molecule has 4 aromatic rings. The average molecular weight is 419 g/mol. The number of benzene rings is 2. The highest BCUT2D eigenvalue weighted by Crippen LogP contribution is 2.19. The summed E-state index contributed by atoms with van der Waals surface area (Å²) in [5.41, 5.74) is 2.16. The maximum absolute atomic E-state index is 12.8. The number of fused-ring (bicyclic) bond motifs is 2. The van der Waals surface area contributed by atoms with Crippen molar-refractivity contribution in [3.8, 4) is 0 Å². The summed E-state index contributed by atoms with van der Waals surface area (Å²) in [6, 6.07) is 14.9. The van der Waals surface area contributed by atoms with Crippen LogP contribution in [0.2, 0.25) is 0 Å². The van der Waals surface area contributed by atoms with Crippen LogP contribution < -0.4 is 10.9 Å². The number of likely N-dealkylation sites (N-methyl/N-ethyl adjacent to an activating group) is 1. The van der Waals surface area contributed by atoms with E-state index in [0.29, 0.717) is 23.4 Å². The quantitative estimate of drug-likeness (QED) is 0.476. The van der Waals surface area contributed by atoms with Crippen LogP contribution in [0.25, 0.3) is 21.9 Å². The van der Waals surface area contributed by atoms with Gasteiger partial charge in [-0.1, -0.05) is 38.1 Å². The molecular formula is C23H26N6O2. The Hall–Kier alpha value is -3.52. The first-order valence-corrected chi connectivity index (χ1v) is 10.5. The normalized spacial score (nSPS) is 11.5. The largest absolute Gasteiger partial charge is 0.309 e. The van der Waals surface area contributed by atoms with Crippen molar-refractivity contribution in [3.63, 3.8) is 0 Å². The summed E-state index contributed by atoms with van der Waals surface area (Å²) in [4.78, 5) is 36.7. The molecule has 2 aromatic carbocycles. The first kappa shape index (κ1) is 20.7. The number of imidazole rings is 1. The van der Waals surface area contributed by atoms with Gasteiger partial charge < -0.3 is 9.47 Å². The second kappa shape index (κ2) is 9.09. The van der Waals surface area contributed by atoms with E-state index in [9.17, 15) is 9.59 Å². The summed E-state index contributed by atoms with van der Waals surface area (Å²) in [6.07, 6.45) is 1.41. The third kappa shape index (κ3) is 4.34. The number of aromatic nitrogens is 4. The summed E-state index contributed by atoms with van der Waals surface area (Å²) in [7, 11) is 0. The Kier molecular flexibility index (Phi) is 6.08. The second-order valence-electron chi connectivity index (χ2n) is 7.35. The van der Waals surface area contributed by atoms with Crippen LogP contribution in [0.4, 0.5) is 5.95 Å². The van der Waals surface area contributed by atoms with E-state index in [1.165, 1.54) is 10.9 Å². The Bertz CT molecular complexity index is 1270. The van der Waals surface area contributed by atoms with E-state index in [2.05, 4.69) is 34.0 Å². The van der Waals surface area contributed by atoms with Gasteiger partial charge in [0.05, 0.1) is 28.3 Å². The van der Waals surface area contributed by atoms with E-state index in [4.69, 9.17) is 0 Å². The van der Waals surface area contributed by atoms with E-state index >= 15 is 0 Å². The van der Waals surface area contributed by atoms with Crippen molar-refractivity contribution < 1.29 is 4.79 Å². The van der Waals surface area contributed by atoms with Gasteiger partial charge in [-0.2, -0.15) is 0 Å². The van der Waals surface area contributed by atoms with Crippen molar-refractivity contribution in [2.45, 2.75) is 26.9 Å². The van der Waals surface area contributed by atoms with Crippen molar-refractivity contribution in [2.75, 3.05) is 25.0 Å². The minimum Gasteiger partial charge on any atom is -0.309 e. The molecule has 0 aliphatic carbocycles. The van der Waals surface area contributed by atoms with Crippen molar-refractivity contribution in [1.82, 2.24) is 24.0 Å². The molecule has 0 saturated heterocycles. The molecule has 0 atom stereocenters. The van der Waals surface area contributed by atoms with Crippen LogP contribution in [-0.4, -0.2) is 49.5 Å². The van der Waals surface area contributed by atoms with Gasteiger partial charge in [-0.15, -0.1) is 0 Å². The van der Waals surface area contributed by atoms with E-state index in [-0.39, 0.29) is 18.0 Å². The van der Waals surface area contributed by atoms with Gasteiger partial charge in [0, 0.05) is 13.1 Å². The molecule has 0 unspecified atom stereocenters. The van der Waals surface area contributed by atoms with Crippen LogP contribution in [0.3, 0.4) is 0 Å². The van der Waals surface area contributed by atoms with Crippen LogP contribution in [-0.2, 0) is 17.9 Å². The fourth-order valence-electron chi connectivity index (χ4n) is 3.72. The zero-order valence-corrected chi connectivity index (χ0v) is 17.8. The number of nitrogens with one attached hydrogen (secondary N) is 1. The molecule has 0 spiro atoms. The first-order valence-electron chi connectivity index (χ1n) is 10.5. The summed E-state index contributed by atoms with van der Waals surface area (Å²) in [5, 5.41) is 3.38. The maximum atomic E-state index is 12.8. The number of amides is 1. The lowest BCUT2D eigenvalue weighted by Gasteiger charge is -2.19. The molecular weight excluding hydrogens is 392 g/mol. The van der Waals surface area contributed by atoms with Crippen LogP contribution in [0, 0.1) is 0 Å². The minimum atomic E-state index is -0.321. The van der Waals surface area contributed by atoms with Crippen molar-refractivity contribution in [1.29, 1.82) is 0 Å². The van der Waals surface area contributed by atoms with E-state index < -0.39 is 0 Å². The van der Waals surface area contributed by atoms with Crippen LogP contribution in [0.1, 0.15) is 13.8 Å². The molecule has 2 heterocycles. The number of hydrogen-bond acceptors (Lipinski definition) is 5. The highest BCUT2D eigenvalue weighted by atomic mass is 16.2. The zero-order valence-electron chi connectivity index (χ0n) is 17.8. The Morgan fingerprint density at radius 1 is 1.03 bits per heavy atom. The molecule has 0 saturated carbocycles. The Labute approximate surface area is 180 Å². The number of hydrogen-bond donors (Lipinski definition) is 1. The van der Waals surface area contributed by atoms with Gasteiger partial charge in [0.15, 0.2) is 0 Å².